The Morgan fingerprint density at radius 3 is 1.77 bits per heavy atom. The van der Waals surface area contributed by atoms with Crippen LogP contribution in [0.5, 0.6) is 11.5 Å². The maximum absolute atomic E-state index is 14.1. The quantitative estimate of drug-likeness (QED) is 0.124. The Hall–Kier alpha value is -3.37. The Labute approximate surface area is 271 Å². The van der Waals surface area contributed by atoms with Crippen molar-refractivity contribution in [1.82, 2.24) is 15.5 Å². The molecule has 260 valence electrons. The zero-order valence-corrected chi connectivity index (χ0v) is 28.0. The van der Waals surface area contributed by atoms with Crippen LogP contribution in [0.3, 0.4) is 0 Å². The minimum absolute atomic E-state index is 0.0447. The van der Waals surface area contributed by atoms with Gasteiger partial charge in [0.25, 0.3) is 0 Å². The highest BCUT2D eigenvalue weighted by Gasteiger charge is 2.51. The van der Waals surface area contributed by atoms with Gasteiger partial charge in [0.1, 0.15) is 47.9 Å². The van der Waals surface area contributed by atoms with Crippen LogP contribution in [0.15, 0.2) is 60.7 Å². The molecule has 0 aliphatic carbocycles. The van der Waals surface area contributed by atoms with E-state index in [1.807, 2.05) is 0 Å². The van der Waals surface area contributed by atoms with E-state index < -0.39 is 82.7 Å². The summed E-state index contributed by atoms with van der Waals surface area (Å²) in [5.41, 5.74) is 0. The smallest absolute Gasteiger partial charge is 0.459 e. The fraction of sp³-hybridized carbons (Fsp3) is 0.464. The summed E-state index contributed by atoms with van der Waals surface area (Å²) < 4.78 is 65.3. The van der Waals surface area contributed by atoms with E-state index in [9.17, 15) is 33.7 Å². The molecule has 2 aromatic rings. The fourth-order valence-corrected chi connectivity index (χ4v) is 7.47. The highest BCUT2D eigenvalue weighted by Crippen LogP contribution is 2.49. The lowest BCUT2D eigenvalue weighted by Gasteiger charge is -2.43. The Bertz CT molecular complexity index is 1440. The van der Waals surface area contributed by atoms with Crippen LogP contribution in [-0.2, 0) is 46.8 Å². The van der Waals surface area contributed by atoms with E-state index in [0.29, 0.717) is 0 Å². The zero-order valence-electron chi connectivity index (χ0n) is 26.2. The molecule has 1 aliphatic heterocycles. The number of carbonyl (C=O) groups is 3. The maximum Gasteiger partial charge on any atom is 0.459 e. The predicted octanol–water partition coefficient (Wildman–Crippen LogP) is 1.65. The number of amides is 1. The standard InChI is InChI=1S/C28H39N3O14P2/c1-17(26(34)39-4)30-46(37,43-20-12-8-6-9-13-20)41-16-22-24(33)25(23(28(36)42-22)29-19(3)32)45-47(38,31-18(2)27(35)40-5)44-21-14-10-7-11-15-21/h6-15,17-18,22-25,28,33,36H,16H2,1-5H3,(H,29,32)(H,30,37)(H,31,38)/t17-,18-,22?,23-,24+,25+,28?,46?,47?/m0/s1. The van der Waals surface area contributed by atoms with Crippen molar-refractivity contribution in [3.05, 3.63) is 60.7 Å². The molecule has 1 saturated heterocycles. The second-order valence-electron chi connectivity index (χ2n) is 10.2. The lowest BCUT2D eigenvalue weighted by molar-refractivity contribution is -0.248. The number of ether oxygens (including phenoxy) is 3. The van der Waals surface area contributed by atoms with E-state index in [4.69, 9.17) is 27.6 Å². The number of hydrogen-bond acceptors (Lipinski definition) is 14. The second-order valence-corrected chi connectivity index (χ2v) is 13.5. The van der Waals surface area contributed by atoms with Crippen LogP contribution < -0.4 is 24.5 Å². The van der Waals surface area contributed by atoms with E-state index in [1.165, 1.54) is 38.1 Å². The Morgan fingerprint density at radius 2 is 1.30 bits per heavy atom. The van der Waals surface area contributed by atoms with E-state index in [2.05, 4.69) is 20.2 Å². The van der Waals surface area contributed by atoms with Crippen LogP contribution in [-0.4, -0.2) is 91.6 Å². The first-order valence-corrected chi connectivity index (χ1v) is 17.3. The van der Waals surface area contributed by atoms with Gasteiger partial charge in [0.05, 0.1) is 20.8 Å². The third-order valence-corrected chi connectivity index (χ3v) is 9.80. The van der Waals surface area contributed by atoms with E-state index in [-0.39, 0.29) is 11.5 Å². The number of esters is 2. The van der Waals surface area contributed by atoms with Gasteiger partial charge in [-0.05, 0) is 38.1 Å². The van der Waals surface area contributed by atoms with Crippen molar-refractivity contribution in [2.24, 2.45) is 0 Å². The molecular formula is C28H39N3O14P2. The second kappa shape index (κ2) is 17.2. The Balaban J connectivity index is 1.92. The van der Waals surface area contributed by atoms with Gasteiger partial charge in [-0.3, -0.25) is 23.4 Å². The molecule has 47 heavy (non-hydrogen) atoms. The summed E-state index contributed by atoms with van der Waals surface area (Å²) in [5, 5.41) is 29.6. The van der Waals surface area contributed by atoms with Gasteiger partial charge in [-0.2, -0.15) is 10.2 Å². The first-order chi connectivity index (χ1) is 22.2. The molecule has 19 heteroatoms. The van der Waals surface area contributed by atoms with Gasteiger partial charge >= 0.3 is 27.4 Å². The molecular weight excluding hydrogens is 664 g/mol. The van der Waals surface area contributed by atoms with Crippen LogP contribution in [0.25, 0.3) is 0 Å². The molecule has 0 spiro atoms. The summed E-state index contributed by atoms with van der Waals surface area (Å²) >= 11 is 0. The minimum atomic E-state index is -4.65. The van der Waals surface area contributed by atoms with Gasteiger partial charge in [-0.1, -0.05) is 36.4 Å². The van der Waals surface area contributed by atoms with Crippen LogP contribution in [0.2, 0.25) is 0 Å². The largest absolute Gasteiger partial charge is 0.468 e. The number of methoxy groups -OCH3 is 2. The van der Waals surface area contributed by atoms with Crippen molar-refractivity contribution in [3.63, 3.8) is 0 Å². The molecule has 0 aromatic heterocycles. The predicted molar refractivity (Wildman–Crippen MR) is 164 cm³/mol. The topological polar surface area (TPSA) is 227 Å². The number of rotatable bonds is 16. The summed E-state index contributed by atoms with van der Waals surface area (Å²) in [6.07, 6.45) is -7.08. The highest BCUT2D eigenvalue weighted by molar-refractivity contribution is 7.52. The number of aliphatic hydroxyl groups excluding tert-OH is 2. The van der Waals surface area contributed by atoms with Crippen molar-refractivity contribution >= 4 is 33.3 Å². The lowest BCUT2D eigenvalue weighted by Crippen LogP contribution is -2.65. The summed E-state index contributed by atoms with van der Waals surface area (Å²) in [5.74, 6) is -2.15. The number of para-hydroxylation sites is 2. The third-order valence-electron chi connectivity index (χ3n) is 6.48. The number of benzene rings is 2. The monoisotopic (exact) mass is 703 g/mol. The molecule has 2 aromatic carbocycles. The van der Waals surface area contributed by atoms with Crippen molar-refractivity contribution < 1.29 is 66.0 Å². The summed E-state index contributed by atoms with van der Waals surface area (Å²) in [7, 11) is -6.84. The Morgan fingerprint density at radius 1 is 0.830 bits per heavy atom. The van der Waals surface area contributed by atoms with Gasteiger partial charge in [0, 0.05) is 6.92 Å². The molecule has 17 nitrogen and oxygen atoms in total. The van der Waals surface area contributed by atoms with Gasteiger partial charge in [-0.15, -0.1) is 0 Å². The molecule has 1 fully saturated rings. The first kappa shape index (κ1) is 38.1. The summed E-state index contributed by atoms with van der Waals surface area (Å²) in [4.78, 5) is 36.3. The first-order valence-electron chi connectivity index (χ1n) is 14.2. The molecule has 1 heterocycles. The molecule has 9 atom stereocenters. The van der Waals surface area contributed by atoms with Crippen LogP contribution in [0.4, 0.5) is 0 Å². The summed E-state index contributed by atoms with van der Waals surface area (Å²) in [6.45, 7) is 3.03. The average Bonchev–Trinajstić information content (AvgIpc) is 3.03. The van der Waals surface area contributed by atoms with Crippen molar-refractivity contribution in [1.29, 1.82) is 0 Å². The number of carbonyl (C=O) groups excluding carboxylic acids is 3. The molecule has 0 bridgehead atoms. The van der Waals surface area contributed by atoms with Crippen LogP contribution in [0, 0.1) is 0 Å². The van der Waals surface area contributed by atoms with Gasteiger partial charge < -0.3 is 38.8 Å². The zero-order chi connectivity index (χ0) is 34.8. The van der Waals surface area contributed by atoms with E-state index in [1.54, 1.807) is 36.4 Å². The highest BCUT2D eigenvalue weighted by atomic mass is 31.2. The van der Waals surface area contributed by atoms with Crippen LogP contribution >= 0.6 is 15.5 Å². The fourth-order valence-electron chi connectivity index (χ4n) is 4.26. The molecule has 3 rings (SSSR count). The van der Waals surface area contributed by atoms with E-state index >= 15 is 0 Å². The van der Waals surface area contributed by atoms with Crippen LogP contribution in [0.1, 0.15) is 20.8 Å². The van der Waals surface area contributed by atoms with Crippen molar-refractivity contribution in [2.75, 3.05) is 20.8 Å². The van der Waals surface area contributed by atoms with E-state index in [0.717, 1.165) is 21.1 Å². The number of hydrogen-bond donors (Lipinski definition) is 5. The number of nitrogens with one attached hydrogen (secondary N) is 3. The van der Waals surface area contributed by atoms with Gasteiger partial charge in [-0.25, -0.2) is 9.13 Å². The van der Waals surface area contributed by atoms with Crippen molar-refractivity contribution in [2.45, 2.75) is 63.5 Å². The number of aliphatic hydroxyl groups is 2. The average molecular weight is 704 g/mol. The maximum atomic E-state index is 14.1. The Kier molecular flexibility index (Phi) is 13.9. The molecule has 1 amide bonds. The molecule has 5 N–H and O–H groups in total. The molecule has 0 saturated carbocycles. The molecule has 1 aliphatic rings. The summed E-state index contributed by atoms with van der Waals surface area (Å²) in [6, 6.07) is 11.6. The minimum Gasteiger partial charge on any atom is -0.468 e. The van der Waals surface area contributed by atoms with Gasteiger partial charge in [0.2, 0.25) is 5.91 Å². The molecule has 0 radical (unpaired) electrons. The SMILES string of the molecule is COC(=O)[C@H](C)NP(=O)(OCC1OC(O)[C@@H](NC(C)=O)[C@@H](OP(=O)(N[C@@H](C)C(=O)OC)Oc2ccccc2)[C@@H]1O)Oc1ccccc1. The lowest BCUT2D eigenvalue weighted by atomic mass is 9.97. The van der Waals surface area contributed by atoms with Crippen molar-refractivity contribution in [3.8, 4) is 11.5 Å². The normalized spacial score (nSPS) is 24.8. The third kappa shape index (κ3) is 11.1. The van der Waals surface area contributed by atoms with Gasteiger partial charge in [0.15, 0.2) is 6.29 Å². The molecule has 4 unspecified atom stereocenters.